The molecule has 27 heavy (non-hydrogen) atoms. The van der Waals surface area contributed by atoms with Crippen molar-refractivity contribution >= 4 is 21.6 Å². The Labute approximate surface area is 156 Å². The van der Waals surface area contributed by atoms with Gasteiger partial charge < -0.3 is 5.32 Å². The standard InChI is InChI=1S/C17H21FN6O2S/c1-10-5-6-12-15(10)20-13-4-2-3-11(13)16(12)21-17(25)23-27(19,26)14-7-8-24(9-18)22-14/h7-8,10H,2-6,9H2,1H3,(H3,19,20,21,23,25,26)/t10-,27-/m1/s1. The molecule has 2 heterocycles. The van der Waals surface area contributed by atoms with Crippen LogP contribution in [0.25, 0.3) is 0 Å². The Balaban J connectivity index is 1.68. The van der Waals surface area contributed by atoms with Crippen LogP contribution in [0.2, 0.25) is 0 Å². The maximum atomic E-state index is 12.6. The summed E-state index contributed by atoms with van der Waals surface area (Å²) in [4.78, 5) is 17.3. The van der Waals surface area contributed by atoms with E-state index in [1.54, 1.807) is 0 Å². The molecule has 144 valence electrons. The number of carbonyl (C=O) groups is 1. The predicted octanol–water partition coefficient (Wildman–Crippen LogP) is 2.68. The number of aryl methyl sites for hydroxylation is 1. The molecule has 10 heteroatoms. The van der Waals surface area contributed by atoms with Crippen LogP contribution < -0.4 is 10.5 Å². The Morgan fingerprint density at radius 1 is 1.44 bits per heavy atom. The molecule has 2 amide bonds. The number of nitrogens with two attached hydrogens (primary N) is 1. The Bertz CT molecular complexity index is 1040. The number of halogens is 1. The monoisotopic (exact) mass is 392 g/mol. The Kier molecular flexibility index (Phi) is 4.47. The molecule has 2 aromatic rings. The number of rotatable bonds is 3. The highest BCUT2D eigenvalue weighted by molar-refractivity contribution is 7.91. The summed E-state index contributed by atoms with van der Waals surface area (Å²) in [6.07, 6.45) is 5.85. The first kappa shape index (κ1) is 18.1. The van der Waals surface area contributed by atoms with Crippen molar-refractivity contribution in [3.05, 3.63) is 34.8 Å². The van der Waals surface area contributed by atoms with E-state index < -0.39 is 22.7 Å². The second-order valence-electron chi connectivity index (χ2n) is 6.97. The van der Waals surface area contributed by atoms with E-state index in [4.69, 9.17) is 10.1 Å². The fourth-order valence-electron chi connectivity index (χ4n) is 3.82. The van der Waals surface area contributed by atoms with Crippen LogP contribution in [0.5, 0.6) is 0 Å². The molecule has 2 aromatic heterocycles. The average molecular weight is 392 g/mol. The number of hydrogen-bond donors (Lipinski definition) is 2. The maximum Gasteiger partial charge on any atom is 0.354 e. The number of anilines is 1. The van der Waals surface area contributed by atoms with Gasteiger partial charge in [0, 0.05) is 17.6 Å². The van der Waals surface area contributed by atoms with Gasteiger partial charge in [-0.15, -0.1) is 4.36 Å². The lowest BCUT2D eigenvalue weighted by Gasteiger charge is -2.15. The van der Waals surface area contributed by atoms with E-state index in [1.165, 1.54) is 12.3 Å². The van der Waals surface area contributed by atoms with Gasteiger partial charge in [0.2, 0.25) is 0 Å². The number of nitrogens with one attached hydrogen (secondary N) is 1. The zero-order chi connectivity index (χ0) is 19.2. The van der Waals surface area contributed by atoms with Gasteiger partial charge in [0.05, 0.1) is 5.69 Å². The zero-order valence-electron chi connectivity index (χ0n) is 14.9. The molecule has 2 atom stereocenters. The van der Waals surface area contributed by atoms with Gasteiger partial charge in [0.15, 0.2) is 21.7 Å². The van der Waals surface area contributed by atoms with Crippen molar-refractivity contribution < 1.29 is 13.4 Å². The summed E-state index contributed by atoms with van der Waals surface area (Å²) >= 11 is 0. The fraction of sp³-hybridized carbons (Fsp3) is 0.471. The Morgan fingerprint density at radius 3 is 3.00 bits per heavy atom. The number of amides is 2. The van der Waals surface area contributed by atoms with Crippen molar-refractivity contribution in [1.29, 1.82) is 0 Å². The van der Waals surface area contributed by atoms with Crippen molar-refractivity contribution in [2.24, 2.45) is 9.50 Å². The minimum atomic E-state index is -3.56. The van der Waals surface area contributed by atoms with Crippen LogP contribution in [0.4, 0.5) is 14.9 Å². The maximum absolute atomic E-state index is 12.6. The molecule has 0 aromatic carbocycles. The average Bonchev–Trinajstić information content (AvgIpc) is 3.34. The fourth-order valence-corrected chi connectivity index (χ4v) is 4.68. The minimum Gasteiger partial charge on any atom is -0.305 e. The van der Waals surface area contributed by atoms with Crippen LogP contribution in [-0.4, -0.2) is 25.0 Å². The number of aromatic nitrogens is 3. The van der Waals surface area contributed by atoms with Crippen LogP contribution in [0.15, 0.2) is 21.7 Å². The quantitative estimate of drug-likeness (QED) is 0.835. The van der Waals surface area contributed by atoms with Gasteiger partial charge in [0.1, 0.15) is 0 Å². The minimum absolute atomic E-state index is 0.130. The summed E-state index contributed by atoms with van der Waals surface area (Å²) < 4.78 is 29.7. The first-order chi connectivity index (χ1) is 12.9. The molecule has 0 fully saturated rings. The first-order valence-corrected chi connectivity index (χ1v) is 10.5. The van der Waals surface area contributed by atoms with Crippen molar-refractivity contribution in [3.63, 3.8) is 0 Å². The third kappa shape index (κ3) is 3.23. The largest absolute Gasteiger partial charge is 0.354 e. The molecule has 2 aliphatic carbocycles. The molecule has 0 saturated carbocycles. The molecule has 8 nitrogen and oxygen atoms in total. The van der Waals surface area contributed by atoms with Crippen molar-refractivity contribution in [2.45, 2.75) is 56.8 Å². The third-order valence-electron chi connectivity index (χ3n) is 5.14. The van der Waals surface area contributed by atoms with Gasteiger partial charge in [-0.1, -0.05) is 6.92 Å². The van der Waals surface area contributed by atoms with Crippen LogP contribution in [-0.2, 0) is 36.0 Å². The van der Waals surface area contributed by atoms with Gasteiger partial charge in [-0.05, 0) is 55.2 Å². The lowest BCUT2D eigenvalue weighted by molar-refractivity contribution is 0.260. The number of fused-ring (bicyclic) bond motifs is 2. The van der Waals surface area contributed by atoms with Gasteiger partial charge in [-0.3, -0.25) is 4.98 Å². The molecule has 0 aliphatic heterocycles. The van der Waals surface area contributed by atoms with E-state index >= 15 is 0 Å². The van der Waals surface area contributed by atoms with Gasteiger partial charge in [-0.25, -0.2) is 23.2 Å². The highest BCUT2D eigenvalue weighted by Crippen LogP contribution is 2.41. The summed E-state index contributed by atoms with van der Waals surface area (Å²) in [5, 5.41) is 12.1. The van der Waals surface area contributed by atoms with E-state index in [0.717, 1.165) is 65.0 Å². The smallest absolute Gasteiger partial charge is 0.305 e. The summed E-state index contributed by atoms with van der Waals surface area (Å²) in [6, 6.07) is 0.502. The molecule has 0 bridgehead atoms. The van der Waals surface area contributed by atoms with Crippen molar-refractivity contribution in [2.75, 3.05) is 5.32 Å². The number of alkyl halides is 1. The second kappa shape index (κ2) is 6.68. The lowest BCUT2D eigenvalue weighted by Crippen LogP contribution is -2.19. The van der Waals surface area contributed by atoms with Crippen LogP contribution in [0.1, 0.15) is 48.2 Å². The number of nitrogens with zero attached hydrogens (tertiary/aromatic N) is 4. The third-order valence-corrected chi connectivity index (χ3v) is 6.39. The number of carbonyl (C=O) groups excluding carboxylic acids is 1. The van der Waals surface area contributed by atoms with E-state index in [2.05, 4.69) is 21.7 Å². The second-order valence-corrected chi connectivity index (χ2v) is 8.71. The number of pyridine rings is 1. The SMILES string of the molecule is C[C@@H]1CCc2c1nc1c(c2NC(=O)N=[S@@](N)(=O)c2ccn(CF)n2)CCC1. The molecule has 0 radical (unpaired) electrons. The van der Waals surface area contributed by atoms with E-state index in [-0.39, 0.29) is 5.03 Å². The molecular weight excluding hydrogens is 371 g/mol. The van der Waals surface area contributed by atoms with Crippen LogP contribution in [0, 0.1) is 0 Å². The molecule has 0 saturated heterocycles. The van der Waals surface area contributed by atoms with Crippen molar-refractivity contribution in [1.82, 2.24) is 14.8 Å². The van der Waals surface area contributed by atoms with Crippen molar-refractivity contribution in [3.8, 4) is 0 Å². The molecule has 0 unspecified atom stereocenters. The highest BCUT2D eigenvalue weighted by atomic mass is 32.2. The normalized spacial score (nSPS) is 20.0. The zero-order valence-corrected chi connectivity index (χ0v) is 15.8. The summed E-state index contributed by atoms with van der Waals surface area (Å²) in [5.74, 6) is 0.349. The lowest BCUT2D eigenvalue weighted by atomic mass is 10.0. The van der Waals surface area contributed by atoms with Crippen LogP contribution in [0.3, 0.4) is 0 Å². The van der Waals surface area contributed by atoms with Gasteiger partial charge >= 0.3 is 6.03 Å². The highest BCUT2D eigenvalue weighted by Gasteiger charge is 2.30. The van der Waals surface area contributed by atoms with Gasteiger partial charge in [-0.2, -0.15) is 5.10 Å². The summed E-state index contributed by atoms with van der Waals surface area (Å²) in [7, 11) is -3.56. The topological polar surface area (TPSA) is 115 Å². The van der Waals surface area contributed by atoms with Crippen LogP contribution >= 0.6 is 0 Å². The molecule has 4 rings (SSSR count). The summed E-state index contributed by atoms with van der Waals surface area (Å²) in [6.45, 7) is 1.25. The molecule has 2 aliphatic rings. The van der Waals surface area contributed by atoms with E-state index in [0.29, 0.717) is 5.92 Å². The first-order valence-electron chi connectivity index (χ1n) is 8.89. The molecule has 3 N–H and O–H groups in total. The Hall–Kier alpha value is -2.33. The number of urea groups is 1. The molecular formula is C17H21FN6O2S. The van der Waals surface area contributed by atoms with E-state index in [9.17, 15) is 13.4 Å². The Morgan fingerprint density at radius 2 is 2.26 bits per heavy atom. The summed E-state index contributed by atoms with van der Waals surface area (Å²) in [5.41, 5.74) is 4.87. The molecule has 0 spiro atoms. The van der Waals surface area contributed by atoms with Gasteiger partial charge in [0.25, 0.3) is 0 Å². The number of hydrogen-bond acceptors (Lipinski definition) is 4. The van der Waals surface area contributed by atoms with E-state index in [1.807, 2.05) is 0 Å². The predicted molar refractivity (Wildman–Crippen MR) is 98.4 cm³/mol.